The zero-order valence-corrected chi connectivity index (χ0v) is 23.7. The lowest BCUT2D eigenvalue weighted by Gasteiger charge is -2.33. The summed E-state index contributed by atoms with van der Waals surface area (Å²) in [4.78, 5) is 28.2. The Bertz CT molecular complexity index is 1170. The Morgan fingerprint density at radius 2 is 1.70 bits per heavy atom. The number of sulfonamides is 1. The lowest BCUT2D eigenvalue weighted by molar-refractivity contribution is -0.140. The summed E-state index contributed by atoms with van der Waals surface area (Å²) in [6, 6.07) is 10.8. The van der Waals surface area contributed by atoms with Gasteiger partial charge in [0.15, 0.2) is 0 Å². The second kappa shape index (κ2) is 13.5. The Kier molecular flexibility index (Phi) is 11.1. The number of hydrogen-bond donors (Lipinski definition) is 1. The molecule has 0 aliphatic rings. The predicted molar refractivity (Wildman–Crippen MR) is 146 cm³/mol. The second-order valence-electron chi connectivity index (χ2n) is 9.02. The zero-order valence-electron chi connectivity index (χ0n) is 22.2. The number of carbonyl (C=O) groups is 2. The van der Waals surface area contributed by atoms with Crippen LogP contribution in [-0.2, 0) is 26.2 Å². The molecule has 37 heavy (non-hydrogen) atoms. The van der Waals surface area contributed by atoms with E-state index in [-0.39, 0.29) is 29.1 Å². The molecule has 0 aliphatic heterocycles. The predicted octanol–water partition coefficient (Wildman–Crippen LogP) is 3.70. The van der Waals surface area contributed by atoms with Gasteiger partial charge < -0.3 is 19.7 Å². The summed E-state index contributed by atoms with van der Waals surface area (Å²) >= 11 is 6.22. The van der Waals surface area contributed by atoms with Crippen LogP contribution >= 0.6 is 11.6 Å². The van der Waals surface area contributed by atoms with Gasteiger partial charge in [0.2, 0.25) is 21.8 Å². The summed E-state index contributed by atoms with van der Waals surface area (Å²) in [7, 11) is -0.862. The second-order valence-corrected chi connectivity index (χ2v) is 11.3. The summed E-state index contributed by atoms with van der Waals surface area (Å²) in [6.45, 7) is 5.82. The van der Waals surface area contributed by atoms with Crippen LogP contribution in [0.2, 0.25) is 5.02 Å². The minimum Gasteiger partial charge on any atom is -0.497 e. The highest BCUT2D eigenvalue weighted by Crippen LogP contribution is 2.30. The van der Waals surface area contributed by atoms with Crippen LogP contribution in [0.25, 0.3) is 0 Å². The highest BCUT2D eigenvalue weighted by Gasteiger charge is 2.32. The van der Waals surface area contributed by atoms with Gasteiger partial charge in [0, 0.05) is 13.1 Å². The van der Waals surface area contributed by atoms with Gasteiger partial charge in [-0.05, 0) is 48.2 Å². The first-order valence-electron chi connectivity index (χ1n) is 11.9. The van der Waals surface area contributed by atoms with Crippen molar-refractivity contribution in [2.45, 2.75) is 39.8 Å². The van der Waals surface area contributed by atoms with E-state index in [1.165, 1.54) is 30.2 Å². The first kappa shape index (κ1) is 30.2. The van der Waals surface area contributed by atoms with Crippen LogP contribution in [0.1, 0.15) is 32.8 Å². The van der Waals surface area contributed by atoms with Crippen molar-refractivity contribution in [2.75, 3.05) is 37.9 Å². The van der Waals surface area contributed by atoms with Crippen LogP contribution in [-0.4, -0.2) is 64.7 Å². The van der Waals surface area contributed by atoms with E-state index in [4.69, 9.17) is 21.1 Å². The number of methoxy groups -OCH3 is 2. The Morgan fingerprint density at radius 3 is 2.19 bits per heavy atom. The number of nitrogens with one attached hydrogen (secondary N) is 1. The van der Waals surface area contributed by atoms with E-state index in [9.17, 15) is 18.0 Å². The maximum atomic E-state index is 13.7. The third kappa shape index (κ3) is 8.53. The highest BCUT2D eigenvalue weighted by atomic mass is 35.5. The smallest absolute Gasteiger partial charge is 0.244 e. The van der Waals surface area contributed by atoms with Crippen LogP contribution in [0.4, 0.5) is 5.69 Å². The summed E-state index contributed by atoms with van der Waals surface area (Å²) in [6.07, 6.45) is 1.36. The minimum atomic E-state index is -3.87. The van der Waals surface area contributed by atoms with Crippen LogP contribution < -0.4 is 19.1 Å². The zero-order chi connectivity index (χ0) is 27.8. The molecule has 0 spiro atoms. The molecule has 2 amide bonds. The van der Waals surface area contributed by atoms with Crippen molar-refractivity contribution in [3.05, 3.63) is 53.1 Å². The van der Waals surface area contributed by atoms with Crippen molar-refractivity contribution in [1.29, 1.82) is 0 Å². The molecule has 0 saturated heterocycles. The van der Waals surface area contributed by atoms with Crippen molar-refractivity contribution in [2.24, 2.45) is 5.92 Å². The molecule has 0 fully saturated rings. The highest BCUT2D eigenvalue weighted by molar-refractivity contribution is 7.92. The molecule has 204 valence electrons. The summed E-state index contributed by atoms with van der Waals surface area (Å²) < 4.78 is 36.8. The largest absolute Gasteiger partial charge is 0.497 e. The number of benzene rings is 2. The maximum Gasteiger partial charge on any atom is 0.244 e. The Hall–Kier alpha value is -2.98. The third-order valence-electron chi connectivity index (χ3n) is 5.68. The maximum absolute atomic E-state index is 13.7. The first-order valence-corrected chi connectivity index (χ1v) is 14.1. The van der Waals surface area contributed by atoms with Crippen LogP contribution in [0.5, 0.6) is 11.5 Å². The van der Waals surface area contributed by atoms with Crippen molar-refractivity contribution in [3.63, 3.8) is 0 Å². The monoisotopic (exact) mass is 553 g/mol. The molecule has 11 heteroatoms. The SMILES string of the molecule is CCC(C(=O)NCC(C)C)N(Cc1ccc(OC)cc1)C(=O)CN(c1ccc(OC)c(Cl)c1)S(C)(=O)=O. The number of nitrogens with zero attached hydrogens (tertiary/aromatic N) is 2. The van der Waals surface area contributed by atoms with Crippen LogP contribution in [0, 0.1) is 5.92 Å². The first-order chi connectivity index (χ1) is 17.4. The van der Waals surface area contributed by atoms with Crippen molar-refractivity contribution in [3.8, 4) is 11.5 Å². The summed E-state index contributed by atoms with van der Waals surface area (Å²) in [5, 5.41) is 3.10. The van der Waals surface area contributed by atoms with E-state index in [0.717, 1.165) is 16.1 Å². The van der Waals surface area contributed by atoms with Gasteiger partial charge in [-0.3, -0.25) is 13.9 Å². The molecule has 1 unspecified atom stereocenters. The molecule has 0 saturated carbocycles. The molecule has 1 N–H and O–H groups in total. The molecular formula is C26H36ClN3O6S. The molecule has 2 rings (SSSR count). The van der Waals surface area contributed by atoms with Gasteiger partial charge in [-0.15, -0.1) is 0 Å². The normalized spacial score (nSPS) is 12.1. The lowest BCUT2D eigenvalue weighted by Crippen LogP contribution is -2.52. The van der Waals surface area contributed by atoms with Crippen molar-refractivity contribution >= 4 is 39.1 Å². The number of amides is 2. The van der Waals surface area contributed by atoms with Gasteiger partial charge in [-0.25, -0.2) is 8.42 Å². The van der Waals surface area contributed by atoms with Gasteiger partial charge in [0.25, 0.3) is 0 Å². The topological polar surface area (TPSA) is 105 Å². The van der Waals surface area contributed by atoms with Gasteiger partial charge in [-0.1, -0.05) is 44.5 Å². The molecule has 0 aliphatic carbocycles. The van der Waals surface area contributed by atoms with Crippen molar-refractivity contribution < 1.29 is 27.5 Å². The standard InChI is InChI=1S/C26H36ClN3O6S/c1-7-23(26(32)28-15-18(2)3)29(16-19-8-11-21(35-4)12-9-19)25(31)17-30(37(6,33)34)20-10-13-24(36-5)22(27)14-20/h8-14,18,23H,7,15-17H2,1-6H3,(H,28,32). The minimum absolute atomic E-state index is 0.109. The molecule has 2 aromatic carbocycles. The van der Waals surface area contributed by atoms with E-state index in [1.807, 2.05) is 20.8 Å². The molecule has 2 aromatic rings. The van der Waals surface area contributed by atoms with E-state index in [1.54, 1.807) is 31.4 Å². The van der Waals surface area contributed by atoms with Crippen LogP contribution in [0.15, 0.2) is 42.5 Å². The average Bonchev–Trinajstić information content (AvgIpc) is 2.85. The molecule has 0 radical (unpaired) electrons. The van der Waals surface area contributed by atoms with E-state index < -0.39 is 28.5 Å². The fourth-order valence-electron chi connectivity index (χ4n) is 3.69. The summed E-state index contributed by atoms with van der Waals surface area (Å²) in [5.41, 5.74) is 0.978. The van der Waals surface area contributed by atoms with E-state index in [2.05, 4.69) is 5.32 Å². The van der Waals surface area contributed by atoms with Gasteiger partial charge in [0.05, 0.1) is 31.2 Å². The fraction of sp³-hybridized carbons (Fsp3) is 0.462. The number of rotatable bonds is 13. The molecule has 1 atom stereocenters. The summed E-state index contributed by atoms with van der Waals surface area (Å²) in [5.74, 6) is 0.436. The van der Waals surface area contributed by atoms with E-state index in [0.29, 0.717) is 24.5 Å². The lowest BCUT2D eigenvalue weighted by atomic mass is 10.1. The fourth-order valence-corrected chi connectivity index (χ4v) is 4.79. The number of halogens is 1. The number of hydrogen-bond acceptors (Lipinski definition) is 6. The number of ether oxygens (including phenoxy) is 2. The molecule has 9 nitrogen and oxygen atoms in total. The third-order valence-corrected chi connectivity index (χ3v) is 7.12. The quantitative estimate of drug-likeness (QED) is 0.405. The molecule has 0 bridgehead atoms. The Labute approximate surface area is 224 Å². The van der Waals surface area contributed by atoms with Gasteiger partial charge in [-0.2, -0.15) is 0 Å². The van der Waals surface area contributed by atoms with Gasteiger partial charge >= 0.3 is 0 Å². The Balaban J connectivity index is 2.44. The van der Waals surface area contributed by atoms with Crippen molar-refractivity contribution in [1.82, 2.24) is 10.2 Å². The number of carbonyl (C=O) groups excluding carboxylic acids is 2. The number of anilines is 1. The molecule has 0 aromatic heterocycles. The average molecular weight is 554 g/mol. The Morgan fingerprint density at radius 1 is 1.05 bits per heavy atom. The van der Waals surface area contributed by atoms with Gasteiger partial charge in [0.1, 0.15) is 24.1 Å². The molecule has 0 heterocycles. The molecular weight excluding hydrogens is 518 g/mol. The van der Waals surface area contributed by atoms with E-state index >= 15 is 0 Å². The van der Waals surface area contributed by atoms with Crippen LogP contribution in [0.3, 0.4) is 0 Å².